The zero-order valence-electron chi connectivity index (χ0n) is 11.7. The molecule has 3 fully saturated rings. The number of hydrogen-bond donors (Lipinski definition) is 1. The van der Waals surface area contributed by atoms with E-state index in [9.17, 15) is 0 Å². The Morgan fingerprint density at radius 2 is 2.11 bits per heavy atom. The van der Waals surface area contributed by atoms with Crippen molar-refractivity contribution < 1.29 is 4.74 Å². The first-order chi connectivity index (χ1) is 8.75. The van der Waals surface area contributed by atoms with Crippen molar-refractivity contribution in [3.05, 3.63) is 0 Å². The molecule has 4 heteroatoms. The molecular formula is C14H27N3O. The molecule has 0 bridgehead atoms. The lowest BCUT2D eigenvalue weighted by Crippen LogP contribution is -2.60. The molecule has 0 saturated carbocycles. The fraction of sp³-hybridized carbons (Fsp3) is 1.00. The van der Waals surface area contributed by atoms with Crippen LogP contribution in [0.4, 0.5) is 0 Å². The van der Waals surface area contributed by atoms with Crippen molar-refractivity contribution in [2.75, 3.05) is 52.4 Å². The van der Waals surface area contributed by atoms with Crippen LogP contribution in [-0.2, 0) is 4.74 Å². The Kier molecular flexibility index (Phi) is 3.89. The molecule has 3 saturated heterocycles. The molecule has 0 spiro atoms. The van der Waals surface area contributed by atoms with Gasteiger partial charge in [-0.25, -0.2) is 0 Å². The van der Waals surface area contributed by atoms with Crippen LogP contribution in [0.5, 0.6) is 0 Å². The van der Waals surface area contributed by atoms with Gasteiger partial charge in [-0.1, -0.05) is 6.42 Å². The lowest BCUT2D eigenvalue weighted by molar-refractivity contribution is -0.0766. The molecule has 0 radical (unpaired) electrons. The molecule has 104 valence electrons. The van der Waals surface area contributed by atoms with E-state index in [1.807, 2.05) is 0 Å². The van der Waals surface area contributed by atoms with Crippen molar-refractivity contribution in [3.8, 4) is 0 Å². The first-order valence-corrected chi connectivity index (χ1v) is 7.56. The summed E-state index contributed by atoms with van der Waals surface area (Å²) in [5.74, 6) is 0. The Hall–Kier alpha value is -0.160. The highest BCUT2D eigenvalue weighted by molar-refractivity contribution is 4.90. The molecule has 0 amide bonds. The van der Waals surface area contributed by atoms with E-state index in [1.165, 1.54) is 45.4 Å². The molecule has 0 aromatic heterocycles. The van der Waals surface area contributed by atoms with Crippen LogP contribution in [0, 0.1) is 0 Å². The topological polar surface area (TPSA) is 27.7 Å². The molecule has 3 heterocycles. The number of piperazine rings is 1. The number of ether oxygens (including phenoxy) is 1. The van der Waals surface area contributed by atoms with Crippen LogP contribution in [0.15, 0.2) is 0 Å². The van der Waals surface area contributed by atoms with E-state index < -0.39 is 0 Å². The lowest BCUT2D eigenvalue weighted by atomic mass is 9.99. The van der Waals surface area contributed by atoms with Crippen LogP contribution in [0.3, 0.4) is 0 Å². The Bertz CT molecular complexity index is 280. The maximum absolute atomic E-state index is 5.99. The second-order valence-electron chi connectivity index (χ2n) is 6.39. The van der Waals surface area contributed by atoms with Gasteiger partial charge in [0.2, 0.25) is 0 Å². The average Bonchev–Trinajstić information content (AvgIpc) is 2.37. The fourth-order valence-corrected chi connectivity index (χ4v) is 3.42. The molecular weight excluding hydrogens is 226 g/mol. The largest absolute Gasteiger partial charge is 0.371 e. The van der Waals surface area contributed by atoms with Crippen molar-refractivity contribution in [2.24, 2.45) is 0 Å². The van der Waals surface area contributed by atoms with Crippen LogP contribution in [0.25, 0.3) is 0 Å². The van der Waals surface area contributed by atoms with E-state index in [1.54, 1.807) is 0 Å². The summed E-state index contributed by atoms with van der Waals surface area (Å²) in [6.45, 7) is 11.3. The monoisotopic (exact) mass is 253 g/mol. The quantitative estimate of drug-likeness (QED) is 0.791. The summed E-state index contributed by atoms with van der Waals surface area (Å²) in [6, 6.07) is 0.827. The third kappa shape index (κ3) is 2.87. The van der Waals surface area contributed by atoms with E-state index in [-0.39, 0.29) is 5.60 Å². The van der Waals surface area contributed by atoms with Gasteiger partial charge in [0.05, 0.1) is 12.2 Å². The predicted molar refractivity (Wildman–Crippen MR) is 72.9 cm³/mol. The van der Waals surface area contributed by atoms with Crippen molar-refractivity contribution in [1.82, 2.24) is 15.1 Å². The summed E-state index contributed by atoms with van der Waals surface area (Å²) in [5.41, 5.74) is 0.118. The maximum atomic E-state index is 5.99. The fourth-order valence-electron chi connectivity index (χ4n) is 3.42. The Morgan fingerprint density at radius 3 is 2.89 bits per heavy atom. The van der Waals surface area contributed by atoms with Gasteiger partial charge >= 0.3 is 0 Å². The van der Waals surface area contributed by atoms with Crippen LogP contribution >= 0.6 is 0 Å². The summed E-state index contributed by atoms with van der Waals surface area (Å²) < 4.78 is 5.99. The molecule has 0 aromatic carbocycles. The van der Waals surface area contributed by atoms with Gasteiger partial charge in [0.25, 0.3) is 0 Å². The maximum Gasteiger partial charge on any atom is 0.0902 e. The second kappa shape index (κ2) is 5.45. The molecule has 4 nitrogen and oxygen atoms in total. The van der Waals surface area contributed by atoms with Crippen molar-refractivity contribution in [3.63, 3.8) is 0 Å². The van der Waals surface area contributed by atoms with E-state index >= 15 is 0 Å². The van der Waals surface area contributed by atoms with Crippen molar-refractivity contribution in [1.29, 1.82) is 0 Å². The highest BCUT2D eigenvalue weighted by Gasteiger charge is 2.33. The minimum atomic E-state index is 0.118. The first kappa shape index (κ1) is 12.9. The van der Waals surface area contributed by atoms with E-state index in [0.29, 0.717) is 0 Å². The second-order valence-corrected chi connectivity index (χ2v) is 6.39. The summed E-state index contributed by atoms with van der Waals surface area (Å²) in [5, 5.41) is 3.28. The number of fused-ring (bicyclic) bond motifs is 1. The van der Waals surface area contributed by atoms with Crippen molar-refractivity contribution in [2.45, 2.75) is 37.8 Å². The molecule has 0 aliphatic carbocycles. The molecule has 0 aromatic rings. The Balaban J connectivity index is 1.38. The zero-order valence-corrected chi connectivity index (χ0v) is 11.7. The molecule has 3 aliphatic heterocycles. The molecule has 1 N–H and O–H groups in total. The highest BCUT2D eigenvalue weighted by atomic mass is 16.5. The van der Waals surface area contributed by atoms with Gasteiger partial charge in [-0.15, -0.1) is 0 Å². The van der Waals surface area contributed by atoms with Gasteiger partial charge < -0.3 is 10.1 Å². The highest BCUT2D eigenvalue weighted by Crippen LogP contribution is 2.21. The van der Waals surface area contributed by atoms with Crippen LogP contribution in [-0.4, -0.2) is 73.9 Å². The van der Waals surface area contributed by atoms with Gasteiger partial charge in [-0.05, 0) is 26.3 Å². The number of rotatable bonds is 4. The molecule has 1 unspecified atom stereocenters. The Morgan fingerprint density at radius 1 is 1.22 bits per heavy atom. The third-order valence-electron chi connectivity index (χ3n) is 4.78. The average molecular weight is 253 g/mol. The van der Waals surface area contributed by atoms with Crippen LogP contribution < -0.4 is 5.32 Å². The number of hydrogen-bond acceptors (Lipinski definition) is 4. The summed E-state index contributed by atoms with van der Waals surface area (Å²) >= 11 is 0. The van der Waals surface area contributed by atoms with Gasteiger partial charge in [-0.2, -0.15) is 0 Å². The van der Waals surface area contributed by atoms with Gasteiger partial charge in [0.15, 0.2) is 0 Å². The number of nitrogens with one attached hydrogen (secondary N) is 1. The van der Waals surface area contributed by atoms with Crippen LogP contribution in [0.1, 0.15) is 26.2 Å². The number of piperidine rings is 1. The van der Waals surface area contributed by atoms with E-state index in [2.05, 4.69) is 22.0 Å². The third-order valence-corrected chi connectivity index (χ3v) is 4.78. The summed E-state index contributed by atoms with van der Waals surface area (Å²) in [4.78, 5) is 5.29. The minimum Gasteiger partial charge on any atom is -0.371 e. The van der Waals surface area contributed by atoms with E-state index in [0.717, 1.165) is 32.3 Å². The standard InChI is InChI=1S/C14H27N3O/c1-14(11-15-12-14)18-9-8-16-6-7-17-5-3-2-4-13(17)10-16/h13,15H,2-12H2,1H3. The van der Waals surface area contributed by atoms with Crippen molar-refractivity contribution >= 4 is 0 Å². The smallest absolute Gasteiger partial charge is 0.0902 e. The van der Waals surface area contributed by atoms with E-state index in [4.69, 9.17) is 4.74 Å². The number of nitrogens with zero attached hydrogens (tertiary/aromatic N) is 2. The molecule has 3 aliphatic rings. The molecule has 1 atom stereocenters. The summed E-state index contributed by atoms with van der Waals surface area (Å²) in [7, 11) is 0. The first-order valence-electron chi connectivity index (χ1n) is 7.56. The van der Waals surface area contributed by atoms with Crippen LogP contribution in [0.2, 0.25) is 0 Å². The normalized spacial score (nSPS) is 32.8. The summed E-state index contributed by atoms with van der Waals surface area (Å²) in [6.07, 6.45) is 4.24. The molecule has 3 rings (SSSR count). The minimum absolute atomic E-state index is 0.118. The lowest BCUT2D eigenvalue weighted by Gasteiger charge is -2.44. The van der Waals surface area contributed by atoms with Gasteiger partial charge in [-0.3, -0.25) is 9.80 Å². The van der Waals surface area contributed by atoms with Gasteiger partial charge in [0.1, 0.15) is 0 Å². The zero-order chi connectivity index (χ0) is 12.4. The molecule has 18 heavy (non-hydrogen) atoms. The van der Waals surface area contributed by atoms with Gasteiger partial charge in [0, 0.05) is 45.3 Å². The predicted octanol–water partition coefficient (Wildman–Crippen LogP) is 0.535. The Labute approximate surface area is 111 Å². The SMILES string of the molecule is CC1(OCCN2CCN3CCCCC3C2)CNC1.